The van der Waals surface area contributed by atoms with E-state index in [1.807, 2.05) is 16.9 Å². The van der Waals surface area contributed by atoms with Gasteiger partial charge in [0.25, 0.3) is 0 Å². The quantitative estimate of drug-likeness (QED) is 0.745. The Morgan fingerprint density at radius 2 is 2.09 bits per heavy atom. The Morgan fingerprint density at radius 1 is 1.14 bits per heavy atom. The molecule has 1 saturated heterocycles. The fraction of sp³-hybridized carbons (Fsp3) is 0.353. The number of pyridine rings is 1. The number of benzene rings is 1. The highest BCUT2D eigenvalue weighted by molar-refractivity contribution is 5.80. The maximum absolute atomic E-state index is 4.82. The van der Waals surface area contributed by atoms with Gasteiger partial charge >= 0.3 is 0 Å². The Hall–Kier alpha value is -2.43. The zero-order valence-corrected chi connectivity index (χ0v) is 12.5. The standard InChI is InChI=1S/C17H19N5/c1-2-6-16-15(5-1)7-8-17(19-16)21-10-3-4-14(12-21)13-22-11-9-18-20-22/h1-2,5-9,11,14H,3-4,10,12-13H2. The molecule has 1 aromatic carbocycles. The number of hydrogen-bond donors (Lipinski definition) is 0. The van der Waals surface area contributed by atoms with Crippen LogP contribution in [-0.2, 0) is 6.54 Å². The molecule has 2 aromatic heterocycles. The molecule has 3 aromatic rings. The normalized spacial score (nSPS) is 18.7. The van der Waals surface area contributed by atoms with Crippen molar-refractivity contribution in [1.82, 2.24) is 20.0 Å². The fourth-order valence-electron chi connectivity index (χ4n) is 3.25. The molecule has 1 aliphatic rings. The van der Waals surface area contributed by atoms with E-state index in [0.717, 1.165) is 31.0 Å². The summed E-state index contributed by atoms with van der Waals surface area (Å²) in [5, 5.41) is 9.16. The molecule has 1 unspecified atom stereocenters. The molecule has 5 heteroatoms. The molecule has 0 spiro atoms. The van der Waals surface area contributed by atoms with Crippen molar-refractivity contribution in [2.24, 2.45) is 5.92 Å². The monoisotopic (exact) mass is 293 g/mol. The Balaban J connectivity index is 1.53. The van der Waals surface area contributed by atoms with E-state index >= 15 is 0 Å². The van der Waals surface area contributed by atoms with Gasteiger partial charge < -0.3 is 4.90 Å². The zero-order valence-electron chi connectivity index (χ0n) is 12.5. The molecule has 0 aliphatic carbocycles. The third-order valence-electron chi connectivity index (χ3n) is 4.34. The van der Waals surface area contributed by atoms with E-state index in [-0.39, 0.29) is 0 Å². The lowest BCUT2D eigenvalue weighted by atomic mass is 9.98. The van der Waals surface area contributed by atoms with Crippen LogP contribution in [0, 0.1) is 5.92 Å². The van der Waals surface area contributed by atoms with E-state index in [4.69, 9.17) is 4.98 Å². The fourth-order valence-corrected chi connectivity index (χ4v) is 3.25. The highest BCUT2D eigenvalue weighted by Gasteiger charge is 2.21. The number of hydrogen-bond acceptors (Lipinski definition) is 4. The lowest BCUT2D eigenvalue weighted by Gasteiger charge is -2.33. The van der Waals surface area contributed by atoms with Gasteiger partial charge in [0.05, 0.1) is 11.7 Å². The number of fused-ring (bicyclic) bond motifs is 1. The van der Waals surface area contributed by atoms with Gasteiger partial charge in [-0.25, -0.2) is 4.98 Å². The van der Waals surface area contributed by atoms with Gasteiger partial charge in [-0.2, -0.15) is 0 Å². The predicted molar refractivity (Wildman–Crippen MR) is 86.7 cm³/mol. The second kappa shape index (κ2) is 5.75. The van der Waals surface area contributed by atoms with E-state index in [9.17, 15) is 0 Å². The van der Waals surface area contributed by atoms with Crippen molar-refractivity contribution in [1.29, 1.82) is 0 Å². The van der Waals surface area contributed by atoms with E-state index in [1.54, 1.807) is 6.20 Å². The smallest absolute Gasteiger partial charge is 0.129 e. The van der Waals surface area contributed by atoms with Crippen molar-refractivity contribution in [3.8, 4) is 0 Å². The summed E-state index contributed by atoms with van der Waals surface area (Å²) in [6, 6.07) is 12.6. The van der Waals surface area contributed by atoms with Crippen LogP contribution in [0.3, 0.4) is 0 Å². The highest BCUT2D eigenvalue weighted by Crippen LogP contribution is 2.24. The Morgan fingerprint density at radius 3 is 3.00 bits per heavy atom. The summed E-state index contributed by atoms with van der Waals surface area (Å²) >= 11 is 0. The van der Waals surface area contributed by atoms with Crippen molar-refractivity contribution in [3.05, 3.63) is 48.8 Å². The molecule has 3 heterocycles. The second-order valence-corrected chi connectivity index (χ2v) is 5.94. The molecule has 1 aliphatic heterocycles. The summed E-state index contributed by atoms with van der Waals surface area (Å²) in [4.78, 5) is 7.22. The molecular formula is C17H19N5. The third-order valence-corrected chi connectivity index (χ3v) is 4.34. The van der Waals surface area contributed by atoms with Crippen molar-refractivity contribution in [2.45, 2.75) is 19.4 Å². The molecule has 0 N–H and O–H groups in total. The molecule has 4 rings (SSSR count). The SMILES string of the molecule is c1ccc2nc(N3CCCC(Cn4ccnn4)C3)ccc2c1. The summed E-state index contributed by atoms with van der Waals surface area (Å²) < 4.78 is 1.93. The maximum atomic E-state index is 4.82. The maximum Gasteiger partial charge on any atom is 0.129 e. The first-order valence-corrected chi connectivity index (χ1v) is 7.83. The minimum absolute atomic E-state index is 0.601. The predicted octanol–water partition coefficient (Wildman–Crippen LogP) is 2.74. The summed E-state index contributed by atoms with van der Waals surface area (Å²) in [7, 11) is 0. The van der Waals surface area contributed by atoms with Crippen LogP contribution in [0.15, 0.2) is 48.8 Å². The van der Waals surface area contributed by atoms with Crippen LogP contribution in [0.5, 0.6) is 0 Å². The summed E-state index contributed by atoms with van der Waals surface area (Å²) in [6.07, 6.45) is 6.12. The first kappa shape index (κ1) is 13.2. The highest BCUT2D eigenvalue weighted by atomic mass is 15.4. The third kappa shape index (κ3) is 2.66. The van der Waals surface area contributed by atoms with Crippen molar-refractivity contribution in [3.63, 3.8) is 0 Å². The number of nitrogens with zero attached hydrogens (tertiary/aromatic N) is 5. The van der Waals surface area contributed by atoms with Gasteiger partial charge in [0.1, 0.15) is 5.82 Å². The minimum Gasteiger partial charge on any atom is -0.356 e. The van der Waals surface area contributed by atoms with Crippen LogP contribution in [0.1, 0.15) is 12.8 Å². The molecule has 5 nitrogen and oxygen atoms in total. The number of aromatic nitrogens is 4. The van der Waals surface area contributed by atoms with Gasteiger partial charge in [-0.1, -0.05) is 23.4 Å². The van der Waals surface area contributed by atoms with Crippen LogP contribution in [0.4, 0.5) is 5.82 Å². The molecule has 0 saturated carbocycles. The Kier molecular flexibility index (Phi) is 3.46. The molecular weight excluding hydrogens is 274 g/mol. The van der Waals surface area contributed by atoms with E-state index < -0.39 is 0 Å². The second-order valence-electron chi connectivity index (χ2n) is 5.94. The van der Waals surface area contributed by atoms with Crippen molar-refractivity contribution in [2.75, 3.05) is 18.0 Å². The van der Waals surface area contributed by atoms with E-state index in [1.165, 1.54) is 18.2 Å². The molecule has 0 amide bonds. The minimum atomic E-state index is 0.601. The summed E-state index contributed by atoms with van der Waals surface area (Å²) in [5.74, 6) is 1.69. The van der Waals surface area contributed by atoms with Gasteiger partial charge in [0.2, 0.25) is 0 Å². The van der Waals surface area contributed by atoms with Crippen molar-refractivity contribution < 1.29 is 0 Å². The van der Waals surface area contributed by atoms with Crippen LogP contribution >= 0.6 is 0 Å². The summed E-state index contributed by atoms with van der Waals surface area (Å²) in [5.41, 5.74) is 1.07. The molecule has 0 bridgehead atoms. The van der Waals surface area contributed by atoms with E-state index in [0.29, 0.717) is 5.92 Å². The Bertz CT molecular complexity index is 753. The van der Waals surface area contributed by atoms with Gasteiger partial charge in [0.15, 0.2) is 0 Å². The molecule has 22 heavy (non-hydrogen) atoms. The van der Waals surface area contributed by atoms with Crippen LogP contribution in [0.25, 0.3) is 10.9 Å². The topological polar surface area (TPSA) is 46.8 Å². The van der Waals surface area contributed by atoms with Crippen molar-refractivity contribution >= 4 is 16.7 Å². The molecule has 112 valence electrons. The van der Waals surface area contributed by atoms with E-state index in [2.05, 4.69) is 45.5 Å². The molecule has 1 atom stereocenters. The van der Waals surface area contributed by atoms with Gasteiger partial charge in [0, 0.05) is 31.2 Å². The first-order valence-electron chi connectivity index (χ1n) is 7.83. The average molecular weight is 293 g/mol. The largest absolute Gasteiger partial charge is 0.356 e. The number of piperidine rings is 1. The van der Waals surface area contributed by atoms with Crippen LogP contribution in [0.2, 0.25) is 0 Å². The summed E-state index contributed by atoms with van der Waals surface area (Å²) in [6.45, 7) is 3.05. The number of rotatable bonds is 3. The lowest BCUT2D eigenvalue weighted by molar-refractivity contribution is 0.347. The molecule has 1 fully saturated rings. The number of anilines is 1. The van der Waals surface area contributed by atoms with Crippen LogP contribution in [-0.4, -0.2) is 33.1 Å². The molecule has 0 radical (unpaired) electrons. The first-order chi connectivity index (χ1) is 10.9. The zero-order chi connectivity index (χ0) is 14.8. The van der Waals surface area contributed by atoms with Gasteiger partial charge in [-0.15, -0.1) is 5.10 Å². The van der Waals surface area contributed by atoms with Crippen LogP contribution < -0.4 is 4.90 Å². The van der Waals surface area contributed by atoms with Gasteiger partial charge in [-0.3, -0.25) is 4.68 Å². The lowest BCUT2D eigenvalue weighted by Crippen LogP contribution is -2.37. The number of para-hydroxylation sites is 1. The average Bonchev–Trinajstić information content (AvgIpc) is 3.08. The Labute approximate surface area is 129 Å². The van der Waals surface area contributed by atoms with Gasteiger partial charge in [-0.05, 0) is 37.0 Å².